The Morgan fingerprint density at radius 1 is 1.24 bits per heavy atom. The molecule has 0 aromatic carbocycles. The van der Waals surface area contributed by atoms with Crippen molar-refractivity contribution >= 4 is 18.0 Å². The lowest BCUT2D eigenvalue weighted by Crippen LogP contribution is -2.38. The van der Waals surface area contributed by atoms with Crippen LogP contribution in [0.15, 0.2) is 12.2 Å². The normalized spacial score (nSPS) is 25.3. The van der Waals surface area contributed by atoms with Crippen LogP contribution in [0.3, 0.4) is 0 Å². The molecule has 3 atom stereocenters. The van der Waals surface area contributed by atoms with E-state index in [-0.39, 0.29) is 43.1 Å². The summed E-state index contributed by atoms with van der Waals surface area (Å²) in [5.74, 6) is -0.815. The zero-order chi connectivity index (χ0) is 21.1. The first-order valence-corrected chi connectivity index (χ1v) is 10.7. The maximum Gasteiger partial charge on any atom is 0.407 e. The van der Waals surface area contributed by atoms with Crippen molar-refractivity contribution < 1.29 is 29.0 Å². The van der Waals surface area contributed by atoms with Crippen LogP contribution < -0.4 is 10.6 Å². The Kier molecular flexibility index (Phi) is 9.44. The van der Waals surface area contributed by atoms with E-state index >= 15 is 0 Å². The number of amides is 2. The smallest absolute Gasteiger partial charge is 0.407 e. The number of ether oxygens (including phenoxy) is 2. The van der Waals surface area contributed by atoms with E-state index in [0.717, 1.165) is 44.9 Å². The van der Waals surface area contributed by atoms with Crippen LogP contribution in [-0.4, -0.2) is 54.5 Å². The Labute approximate surface area is 172 Å². The van der Waals surface area contributed by atoms with Crippen molar-refractivity contribution in [2.45, 2.75) is 76.4 Å². The molecule has 8 nitrogen and oxygen atoms in total. The summed E-state index contributed by atoms with van der Waals surface area (Å²) in [4.78, 5) is 33.9. The van der Waals surface area contributed by atoms with E-state index in [9.17, 15) is 14.4 Å². The summed E-state index contributed by atoms with van der Waals surface area (Å²) in [6, 6.07) is 0. The van der Waals surface area contributed by atoms with Crippen LogP contribution in [-0.2, 0) is 19.1 Å². The number of carboxylic acid groups (broad SMARTS) is 1. The monoisotopic (exact) mass is 410 g/mol. The van der Waals surface area contributed by atoms with Gasteiger partial charge in [0.05, 0.1) is 24.9 Å². The summed E-state index contributed by atoms with van der Waals surface area (Å²) >= 11 is 0. The van der Waals surface area contributed by atoms with E-state index in [1.165, 1.54) is 0 Å². The van der Waals surface area contributed by atoms with Crippen molar-refractivity contribution in [3.8, 4) is 0 Å². The Hall–Kier alpha value is -2.09. The van der Waals surface area contributed by atoms with Gasteiger partial charge in [-0.15, -0.1) is 0 Å². The minimum atomic E-state index is -0.755. The number of rotatable bonds is 13. The van der Waals surface area contributed by atoms with Crippen molar-refractivity contribution in [3.63, 3.8) is 0 Å². The van der Waals surface area contributed by atoms with Crippen molar-refractivity contribution in [1.82, 2.24) is 10.6 Å². The molecule has 2 fully saturated rings. The largest absolute Gasteiger partial charge is 0.481 e. The number of carboxylic acids is 1. The van der Waals surface area contributed by atoms with Crippen LogP contribution in [0.5, 0.6) is 0 Å². The fourth-order valence-electron chi connectivity index (χ4n) is 3.91. The van der Waals surface area contributed by atoms with Gasteiger partial charge in [0, 0.05) is 18.9 Å². The number of fused-ring (bicyclic) bond motifs is 2. The van der Waals surface area contributed by atoms with Crippen molar-refractivity contribution in [2.75, 3.05) is 19.7 Å². The van der Waals surface area contributed by atoms with Crippen molar-refractivity contribution in [1.29, 1.82) is 0 Å². The van der Waals surface area contributed by atoms with Crippen molar-refractivity contribution in [2.24, 2.45) is 5.92 Å². The van der Waals surface area contributed by atoms with Gasteiger partial charge in [-0.3, -0.25) is 9.59 Å². The van der Waals surface area contributed by atoms with Crippen LogP contribution in [0.2, 0.25) is 0 Å². The first kappa shape index (κ1) is 23.2. The van der Waals surface area contributed by atoms with Gasteiger partial charge in [-0.05, 0) is 44.9 Å². The van der Waals surface area contributed by atoms with Crippen molar-refractivity contribution in [3.05, 3.63) is 12.2 Å². The highest BCUT2D eigenvalue weighted by Crippen LogP contribution is 2.48. The highest BCUT2D eigenvalue weighted by molar-refractivity contribution is 5.82. The molecule has 0 unspecified atom stereocenters. The van der Waals surface area contributed by atoms with Gasteiger partial charge in [-0.25, -0.2) is 4.79 Å². The second kappa shape index (κ2) is 11.8. The molecular weight excluding hydrogens is 376 g/mol. The third-order valence-electron chi connectivity index (χ3n) is 5.48. The van der Waals surface area contributed by atoms with Crippen LogP contribution in [0.4, 0.5) is 4.79 Å². The van der Waals surface area contributed by atoms with Crippen LogP contribution >= 0.6 is 0 Å². The standard InChI is InChI=1S/C21H34N2O6/c1-2-3-12-22-18(24)14-23-20(27)28-15-16-13-21(11-9-17(16)29-21)10-7-5-4-6-8-19(25)26/h7,10,16-17H,2-6,8-9,11-15H2,1H3,(H,22,24)(H,23,27)(H,25,26)/t16-,17+,21-/m1/s1. The lowest BCUT2D eigenvalue weighted by atomic mass is 9.81. The highest BCUT2D eigenvalue weighted by Gasteiger charge is 2.50. The molecule has 0 radical (unpaired) electrons. The predicted molar refractivity (Wildman–Crippen MR) is 107 cm³/mol. The molecule has 3 N–H and O–H groups in total. The second-order valence-corrected chi connectivity index (χ2v) is 7.92. The number of allylic oxidation sites excluding steroid dienone is 1. The van der Waals surface area contributed by atoms with E-state index in [1.54, 1.807) is 0 Å². The topological polar surface area (TPSA) is 114 Å². The highest BCUT2D eigenvalue weighted by atomic mass is 16.6. The number of aliphatic carboxylic acids is 1. The Morgan fingerprint density at radius 3 is 2.83 bits per heavy atom. The first-order chi connectivity index (χ1) is 13.9. The molecule has 2 amide bonds. The zero-order valence-corrected chi connectivity index (χ0v) is 17.3. The molecule has 2 bridgehead atoms. The molecule has 0 saturated carbocycles. The van der Waals surface area contributed by atoms with E-state index in [0.29, 0.717) is 13.0 Å². The minimum Gasteiger partial charge on any atom is -0.481 e. The molecule has 2 aliphatic rings. The molecule has 8 heteroatoms. The predicted octanol–water partition coefficient (Wildman–Crippen LogP) is 2.77. The number of carbonyl (C=O) groups excluding carboxylic acids is 2. The molecule has 164 valence electrons. The zero-order valence-electron chi connectivity index (χ0n) is 17.3. The number of unbranched alkanes of at least 4 members (excludes halogenated alkanes) is 3. The van der Waals surface area contributed by atoms with Gasteiger partial charge in [0.25, 0.3) is 0 Å². The van der Waals surface area contributed by atoms with E-state index < -0.39 is 12.1 Å². The molecule has 29 heavy (non-hydrogen) atoms. The first-order valence-electron chi connectivity index (χ1n) is 10.7. The average Bonchev–Trinajstić information content (AvgIpc) is 3.26. The molecule has 0 aromatic rings. The number of carbonyl (C=O) groups is 3. The van der Waals surface area contributed by atoms with Gasteiger partial charge in [0.15, 0.2) is 0 Å². The lowest BCUT2D eigenvalue weighted by Gasteiger charge is -2.23. The summed E-state index contributed by atoms with van der Waals surface area (Å²) in [5, 5.41) is 13.9. The van der Waals surface area contributed by atoms with Gasteiger partial charge >= 0.3 is 12.1 Å². The summed E-state index contributed by atoms with van der Waals surface area (Å²) < 4.78 is 11.4. The molecule has 0 aromatic heterocycles. The fraction of sp³-hybridized carbons (Fsp3) is 0.762. The Bertz CT molecular complexity index is 594. The van der Waals surface area contributed by atoms with Crippen LogP contribution in [0.1, 0.15) is 64.7 Å². The second-order valence-electron chi connectivity index (χ2n) is 7.92. The maximum absolute atomic E-state index is 11.8. The molecule has 0 aliphatic carbocycles. The van der Waals surface area contributed by atoms with Gasteiger partial charge in [-0.2, -0.15) is 0 Å². The number of hydrogen-bond acceptors (Lipinski definition) is 5. The molecule has 2 aliphatic heterocycles. The van der Waals surface area contributed by atoms with Crippen LogP contribution in [0.25, 0.3) is 0 Å². The van der Waals surface area contributed by atoms with Gasteiger partial charge < -0.3 is 25.2 Å². The summed E-state index contributed by atoms with van der Waals surface area (Å²) in [6.45, 7) is 2.86. The molecular formula is C21H34N2O6. The van der Waals surface area contributed by atoms with E-state index in [4.69, 9.17) is 14.6 Å². The lowest BCUT2D eigenvalue weighted by molar-refractivity contribution is -0.137. The number of hydrogen-bond donors (Lipinski definition) is 3. The molecule has 2 heterocycles. The van der Waals surface area contributed by atoms with Gasteiger partial charge in [0.1, 0.15) is 0 Å². The summed E-state index contributed by atoms with van der Waals surface area (Å²) in [7, 11) is 0. The average molecular weight is 411 g/mol. The van der Waals surface area contributed by atoms with E-state index in [2.05, 4.69) is 22.8 Å². The Morgan fingerprint density at radius 2 is 2.07 bits per heavy atom. The third kappa shape index (κ3) is 8.04. The van der Waals surface area contributed by atoms with E-state index in [1.807, 2.05) is 6.92 Å². The quantitative estimate of drug-likeness (QED) is 0.318. The SMILES string of the molecule is CCCCNC(=O)CNC(=O)OC[C@H]1C[C@@]2(C=CCCCCC(=O)O)CC[C@@H]1O2. The maximum atomic E-state index is 11.8. The minimum absolute atomic E-state index is 0.0817. The fourth-order valence-corrected chi connectivity index (χ4v) is 3.91. The molecule has 2 saturated heterocycles. The number of nitrogens with one attached hydrogen (secondary N) is 2. The summed E-state index contributed by atoms with van der Waals surface area (Å²) in [5.41, 5.74) is -0.277. The summed E-state index contributed by atoms with van der Waals surface area (Å²) in [6.07, 6.45) is 10.9. The Balaban J connectivity index is 1.63. The number of alkyl carbamates (subject to hydrolysis) is 1. The van der Waals surface area contributed by atoms with Crippen LogP contribution in [0, 0.1) is 5.92 Å². The molecule has 2 rings (SSSR count). The third-order valence-corrected chi connectivity index (χ3v) is 5.48. The van der Waals surface area contributed by atoms with Gasteiger partial charge in [-0.1, -0.05) is 25.5 Å². The van der Waals surface area contributed by atoms with Gasteiger partial charge in [0.2, 0.25) is 5.91 Å². The molecule has 0 spiro atoms.